The maximum absolute atomic E-state index is 11.6. The number of H-pyrrole nitrogens is 1. The minimum atomic E-state index is -0.148. The summed E-state index contributed by atoms with van der Waals surface area (Å²) in [5.74, 6) is 1.62. The van der Waals surface area contributed by atoms with Crippen molar-refractivity contribution in [2.24, 2.45) is 0 Å². The van der Waals surface area contributed by atoms with E-state index < -0.39 is 0 Å². The molecule has 3 heterocycles. The van der Waals surface area contributed by atoms with E-state index in [1.165, 1.54) is 0 Å². The van der Waals surface area contributed by atoms with Gasteiger partial charge in [0.1, 0.15) is 17.3 Å². The Bertz CT molecular complexity index is 662. The van der Waals surface area contributed by atoms with Crippen molar-refractivity contribution in [3.8, 4) is 0 Å². The van der Waals surface area contributed by atoms with Crippen LogP contribution in [0, 0.1) is 0 Å². The molecule has 2 N–H and O–H groups in total. The van der Waals surface area contributed by atoms with Crippen LogP contribution in [-0.4, -0.2) is 55.9 Å². The van der Waals surface area contributed by atoms with Gasteiger partial charge in [-0.25, -0.2) is 4.98 Å². The first-order valence-electron chi connectivity index (χ1n) is 8.09. The second-order valence-corrected chi connectivity index (χ2v) is 5.84. The Kier molecular flexibility index (Phi) is 4.71. The lowest BCUT2D eigenvalue weighted by Gasteiger charge is -2.32. The Balaban J connectivity index is 1.63. The molecule has 1 saturated heterocycles. The lowest BCUT2D eigenvalue weighted by atomic mass is 10.1. The van der Waals surface area contributed by atoms with Gasteiger partial charge in [-0.1, -0.05) is 6.92 Å². The number of carbonyl (C=O) groups is 1. The maximum atomic E-state index is 11.6. The fourth-order valence-electron chi connectivity index (χ4n) is 2.96. The van der Waals surface area contributed by atoms with Gasteiger partial charge in [0, 0.05) is 26.2 Å². The fraction of sp³-hybridized carbons (Fsp3) is 0.600. The van der Waals surface area contributed by atoms with Crippen molar-refractivity contribution in [2.45, 2.75) is 38.8 Å². The summed E-state index contributed by atoms with van der Waals surface area (Å²) in [4.78, 5) is 18.5. The van der Waals surface area contributed by atoms with E-state index in [1.807, 2.05) is 17.8 Å². The number of aromatic amines is 1. The molecule has 1 amide bonds. The number of hydrogen-bond donors (Lipinski definition) is 2. The molecule has 0 spiro atoms. The molecule has 1 fully saturated rings. The molecule has 124 valence electrons. The topological polar surface area (TPSA) is 91.7 Å². The molecular weight excluding hydrogens is 294 g/mol. The van der Waals surface area contributed by atoms with Gasteiger partial charge in [-0.2, -0.15) is 10.2 Å². The van der Waals surface area contributed by atoms with Gasteiger partial charge >= 0.3 is 0 Å². The first-order chi connectivity index (χ1) is 11.2. The van der Waals surface area contributed by atoms with Gasteiger partial charge in [-0.05, 0) is 25.5 Å². The second kappa shape index (κ2) is 6.91. The number of carbonyl (C=O) groups excluding carboxylic acids is 1. The highest BCUT2D eigenvalue weighted by Gasteiger charge is 2.23. The minimum absolute atomic E-state index is 0.148. The molecular formula is C15H23N7O. The van der Waals surface area contributed by atoms with E-state index in [9.17, 15) is 4.79 Å². The van der Waals surface area contributed by atoms with Gasteiger partial charge in [0.15, 0.2) is 0 Å². The summed E-state index contributed by atoms with van der Waals surface area (Å²) in [6.45, 7) is 4.76. The van der Waals surface area contributed by atoms with Crippen LogP contribution < -0.4 is 5.32 Å². The lowest BCUT2D eigenvalue weighted by molar-refractivity contribution is 0.0955. The monoisotopic (exact) mass is 317 g/mol. The predicted octanol–water partition coefficient (Wildman–Crippen LogP) is 0.760. The third kappa shape index (κ3) is 3.58. The summed E-state index contributed by atoms with van der Waals surface area (Å²) in [5, 5.41) is 14.2. The third-order valence-electron chi connectivity index (χ3n) is 4.19. The summed E-state index contributed by atoms with van der Waals surface area (Å²) < 4.78 is 1.91. The summed E-state index contributed by atoms with van der Waals surface area (Å²) >= 11 is 0. The average Bonchev–Trinajstić information content (AvgIpc) is 3.23. The van der Waals surface area contributed by atoms with Crippen LogP contribution in [0.3, 0.4) is 0 Å². The largest absolute Gasteiger partial charge is 0.354 e. The summed E-state index contributed by atoms with van der Waals surface area (Å²) in [6, 6.07) is 2.05. The quantitative estimate of drug-likeness (QED) is 0.849. The van der Waals surface area contributed by atoms with Gasteiger partial charge in [-0.15, -0.1) is 0 Å². The molecule has 0 saturated carbocycles. The number of amides is 1. The second-order valence-electron chi connectivity index (χ2n) is 5.84. The van der Waals surface area contributed by atoms with Crippen molar-refractivity contribution in [1.29, 1.82) is 0 Å². The number of likely N-dealkylation sites (tertiary alicyclic amines) is 1. The van der Waals surface area contributed by atoms with Crippen LogP contribution in [0.25, 0.3) is 0 Å². The van der Waals surface area contributed by atoms with Gasteiger partial charge in [0.25, 0.3) is 5.91 Å². The van der Waals surface area contributed by atoms with Gasteiger partial charge < -0.3 is 5.32 Å². The molecule has 1 unspecified atom stereocenters. The zero-order valence-electron chi connectivity index (χ0n) is 13.6. The number of aryl methyl sites for hydroxylation is 1. The molecule has 3 rings (SSSR count). The Morgan fingerprint density at radius 2 is 2.39 bits per heavy atom. The van der Waals surface area contributed by atoms with Crippen LogP contribution in [-0.2, 0) is 13.0 Å². The minimum Gasteiger partial charge on any atom is -0.354 e. The Morgan fingerprint density at radius 1 is 1.52 bits per heavy atom. The van der Waals surface area contributed by atoms with Crippen molar-refractivity contribution in [3.63, 3.8) is 0 Å². The van der Waals surface area contributed by atoms with Crippen molar-refractivity contribution >= 4 is 5.91 Å². The molecule has 1 aliphatic heterocycles. The van der Waals surface area contributed by atoms with Gasteiger partial charge in [-0.3, -0.25) is 19.5 Å². The molecule has 23 heavy (non-hydrogen) atoms. The average molecular weight is 317 g/mol. The first kappa shape index (κ1) is 15.7. The standard InChI is InChI=1S/C15H23N7O/c1-3-13-17-14(19-18-13)10-21-7-4-5-11(9-21)22-8-6-12(20-22)15(23)16-2/h6,8,11H,3-5,7,9-10H2,1-2H3,(H,16,23)(H,17,18,19). The zero-order chi connectivity index (χ0) is 16.2. The van der Waals surface area contributed by atoms with E-state index in [2.05, 4.69) is 30.5 Å². The normalized spacial score (nSPS) is 19.0. The maximum Gasteiger partial charge on any atom is 0.271 e. The zero-order valence-corrected chi connectivity index (χ0v) is 13.6. The van der Waals surface area contributed by atoms with Crippen LogP contribution in [0.15, 0.2) is 12.3 Å². The molecule has 2 aromatic rings. The number of nitrogens with zero attached hydrogens (tertiary/aromatic N) is 5. The molecule has 2 aromatic heterocycles. The summed E-state index contributed by atoms with van der Waals surface area (Å²) in [7, 11) is 1.62. The highest BCUT2D eigenvalue weighted by molar-refractivity contribution is 5.91. The van der Waals surface area contributed by atoms with Crippen molar-refractivity contribution in [1.82, 2.24) is 35.2 Å². The van der Waals surface area contributed by atoms with E-state index in [0.717, 1.165) is 50.5 Å². The van der Waals surface area contributed by atoms with Crippen molar-refractivity contribution in [2.75, 3.05) is 20.1 Å². The van der Waals surface area contributed by atoms with Crippen LogP contribution in [0.2, 0.25) is 0 Å². The third-order valence-corrected chi connectivity index (χ3v) is 4.19. The number of piperidine rings is 1. The summed E-state index contributed by atoms with van der Waals surface area (Å²) in [6.07, 6.45) is 4.91. The molecule has 0 aliphatic carbocycles. The lowest BCUT2D eigenvalue weighted by Crippen LogP contribution is -2.36. The number of nitrogens with one attached hydrogen (secondary N) is 2. The number of rotatable bonds is 5. The highest BCUT2D eigenvalue weighted by Crippen LogP contribution is 2.22. The van der Waals surface area contributed by atoms with Crippen LogP contribution in [0.1, 0.15) is 47.9 Å². The number of aromatic nitrogens is 5. The van der Waals surface area contributed by atoms with Crippen molar-refractivity contribution < 1.29 is 4.79 Å². The van der Waals surface area contributed by atoms with E-state index in [0.29, 0.717) is 5.69 Å². The Morgan fingerprint density at radius 3 is 3.13 bits per heavy atom. The van der Waals surface area contributed by atoms with Crippen molar-refractivity contribution in [3.05, 3.63) is 29.6 Å². The van der Waals surface area contributed by atoms with E-state index in [4.69, 9.17) is 0 Å². The molecule has 0 radical (unpaired) electrons. The molecule has 8 heteroatoms. The predicted molar refractivity (Wildman–Crippen MR) is 84.9 cm³/mol. The van der Waals surface area contributed by atoms with E-state index >= 15 is 0 Å². The van der Waals surface area contributed by atoms with Gasteiger partial charge in [0.2, 0.25) is 0 Å². The Hall–Kier alpha value is -2.22. The first-order valence-corrected chi connectivity index (χ1v) is 8.09. The molecule has 0 aromatic carbocycles. The molecule has 1 atom stereocenters. The highest BCUT2D eigenvalue weighted by atomic mass is 16.1. The molecule has 1 aliphatic rings. The smallest absolute Gasteiger partial charge is 0.271 e. The summed E-state index contributed by atoms with van der Waals surface area (Å²) in [5.41, 5.74) is 0.465. The molecule has 0 bridgehead atoms. The van der Waals surface area contributed by atoms with Crippen LogP contribution in [0.5, 0.6) is 0 Å². The van der Waals surface area contributed by atoms with Crippen LogP contribution in [0.4, 0.5) is 0 Å². The fourth-order valence-corrected chi connectivity index (χ4v) is 2.96. The van der Waals surface area contributed by atoms with Crippen LogP contribution >= 0.6 is 0 Å². The van der Waals surface area contributed by atoms with E-state index in [-0.39, 0.29) is 11.9 Å². The number of hydrogen-bond acceptors (Lipinski definition) is 5. The van der Waals surface area contributed by atoms with Gasteiger partial charge in [0.05, 0.1) is 12.6 Å². The van der Waals surface area contributed by atoms with E-state index in [1.54, 1.807) is 13.1 Å². The molecule has 8 nitrogen and oxygen atoms in total. The Labute approximate surface area is 135 Å². The SMILES string of the molecule is CCc1n[nH]c(CN2CCCC(n3ccc(C(=O)NC)n3)C2)n1.